The van der Waals surface area contributed by atoms with Gasteiger partial charge in [0.25, 0.3) is 11.8 Å². The Balaban J connectivity index is 0.000000231. The molecule has 0 unspecified atom stereocenters. The van der Waals surface area contributed by atoms with Crippen LogP contribution in [0.4, 0.5) is 57.7 Å². The molecule has 0 fully saturated rings. The Hall–Kier alpha value is -8.96. The molecule has 24 heteroatoms. The Labute approximate surface area is 460 Å². The minimum Gasteiger partial charge on any atom is -0.495 e. The van der Waals surface area contributed by atoms with Gasteiger partial charge in [-0.15, -0.1) is 0 Å². The SMILES string of the molecule is C=CC(=O)Nc1ccc(OC)c(Nc2nc(Nc3ccccc3C(=O)NC)c3c(Cl)c[nH]c3n2)c1.C=CC(=O)Nc1ccc(OC)c(Nc2nc(Nc3ccccc3C(=O)NC)c3c(Cl)cn(COCC[Si](C)(C)C)c3n2)c1. The van der Waals surface area contributed by atoms with Crippen LogP contribution in [0, 0.1) is 0 Å². The molecule has 0 aliphatic rings. The molecule has 4 aromatic heterocycles. The number of benzene rings is 4. The first kappa shape index (κ1) is 56.8. The van der Waals surface area contributed by atoms with Gasteiger partial charge in [0.1, 0.15) is 35.5 Å². The van der Waals surface area contributed by atoms with Crippen molar-refractivity contribution >= 4 is 135 Å². The molecule has 0 aliphatic heterocycles. The lowest BCUT2D eigenvalue weighted by Crippen LogP contribution is -2.22. The lowest BCUT2D eigenvalue weighted by Gasteiger charge is -2.16. The second-order valence-corrected chi connectivity index (χ2v) is 24.5. The molecule has 0 saturated heterocycles. The van der Waals surface area contributed by atoms with Crippen molar-refractivity contribution in [3.63, 3.8) is 0 Å². The predicted molar refractivity (Wildman–Crippen MR) is 312 cm³/mol. The van der Waals surface area contributed by atoms with Crippen LogP contribution in [0.3, 0.4) is 0 Å². The number of rotatable bonds is 21. The fourth-order valence-electron chi connectivity index (χ4n) is 7.57. The van der Waals surface area contributed by atoms with Gasteiger partial charge in [0.2, 0.25) is 23.7 Å². The second kappa shape index (κ2) is 25.7. The number of ether oxygens (including phenoxy) is 3. The maximum Gasteiger partial charge on any atom is 0.253 e. The molecule has 8 aromatic rings. The topological polar surface area (TPSA) is 264 Å². The number of para-hydroxylation sites is 2. The van der Waals surface area contributed by atoms with Crippen molar-refractivity contribution in [2.45, 2.75) is 32.4 Å². The number of fused-ring (bicyclic) bond motifs is 2. The number of halogens is 2. The summed E-state index contributed by atoms with van der Waals surface area (Å²) in [5, 5.41) is 25.5. The van der Waals surface area contributed by atoms with Crippen LogP contribution in [0.25, 0.3) is 22.1 Å². The highest BCUT2D eigenvalue weighted by Crippen LogP contribution is 2.38. The number of aromatic nitrogens is 6. The molecule has 8 rings (SSSR count). The Morgan fingerprint density at radius 3 is 1.64 bits per heavy atom. The first-order valence-corrected chi connectivity index (χ1v) is 28.5. The van der Waals surface area contributed by atoms with E-state index in [-0.39, 0.29) is 42.3 Å². The standard InChI is InChI=1S/C30H36ClN7O4Si.C24H22ClN7O3/c1-7-25(39)33-19-12-13-24(41-3)23(16-19)35-30-36-27(34-22-11-9-8-10-20(22)29(40)32-2)26-21(31)17-38(28(26)37-30)18-42-14-15-43(4,5)6;1-4-19(33)28-13-9-10-18(35-3)17(11-13)30-24-31-21-20(15(25)12-27-21)22(32-24)29-16-8-6-5-7-14(16)23(34)26-2/h7-13,16-17H,1,14-15,18H2,2-6H3,(H,32,40)(H,33,39)(H2,34,35,36,37);4-12H,1H2,2-3H3,(H,26,34)(H,28,33)(H3,27,29,30,31,32). The van der Waals surface area contributed by atoms with Gasteiger partial charge in [0, 0.05) is 52.5 Å². The second-order valence-electron chi connectivity index (χ2n) is 18.1. The van der Waals surface area contributed by atoms with Crippen molar-refractivity contribution in [3.05, 3.63) is 144 Å². The summed E-state index contributed by atoms with van der Waals surface area (Å²) in [4.78, 5) is 70.2. The molecule has 4 amide bonds. The molecular weight excluding hydrogens is 1060 g/mol. The zero-order valence-corrected chi connectivity index (χ0v) is 46.3. The summed E-state index contributed by atoms with van der Waals surface area (Å²) in [7, 11) is 4.93. The van der Waals surface area contributed by atoms with E-state index in [4.69, 9.17) is 47.4 Å². The molecule has 78 heavy (non-hydrogen) atoms. The van der Waals surface area contributed by atoms with Gasteiger partial charge in [-0.25, -0.2) is 0 Å². The number of anilines is 10. The summed E-state index contributed by atoms with van der Waals surface area (Å²) in [6, 6.07) is 25.4. The van der Waals surface area contributed by atoms with Crippen LogP contribution in [0.1, 0.15) is 20.7 Å². The molecule has 0 bridgehead atoms. The molecule has 0 radical (unpaired) electrons. The minimum absolute atomic E-state index is 0.219. The molecule has 4 heterocycles. The number of hydrogen-bond donors (Lipinski definition) is 9. The van der Waals surface area contributed by atoms with Gasteiger partial charge in [-0.05, 0) is 78.9 Å². The van der Waals surface area contributed by atoms with Crippen LogP contribution in [-0.2, 0) is 21.1 Å². The highest BCUT2D eigenvalue weighted by Gasteiger charge is 2.22. The molecule has 0 aliphatic carbocycles. The predicted octanol–water partition coefficient (Wildman–Crippen LogP) is 11.0. The van der Waals surface area contributed by atoms with E-state index in [9.17, 15) is 19.2 Å². The van der Waals surface area contributed by atoms with Gasteiger partial charge in [0.05, 0.1) is 68.9 Å². The number of amides is 4. The van der Waals surface area contributed by atoms with E-state index >= 15 is 0 Å². The maximum atomic E-state index is 12.6. The number of nitrogens with zero attached hydrogens (tertiary/aromatic N) is 5. The third-order valence-electron chi connectivity index (χ3n) is 11.5. The van der Waals surface area contributed by atoms with Gasteiger partial charge < -0.3 is 66.3 Å². The Morgan fingerprint density at radius 2 is 1.15 bits per heavy atom. The summed E-state index contributed by atoms with van der Waals surface area (Å²) < 4.78 is 18.8. The summed E-state index contributed by atoms with van der Waals surface area (Å²) in [6.07, 6.45) is 5.72. The minimum atomic E-state index is -1.28. The average molecular weight is 1110 g/mol. The van der Waals surface area contributed by atoms with Crippen LogP contribution in [0.2, 0.25) is 35.7 Å². The van der Waals surface area contributed by atoms with E-state index in [2.05, 4.69) is 90.3 Å². The van der Waals surface area contributed by atoms with Gasteiger partial charge in [0.15, 0.2) is 5.65 Å². The van der Waals surface area contributed by atoms with Gasteiger partial charge in [-0.1, -0.05) is 80.3 Å². The Morgan fingerprint density at radius 1 is 0.654 bits per heavy atom. The van der Waals surface area contributed by atoms with E-state index in [1.54, 1.807) is 105 Å². The number of aromatic amines is 1. The maximum absolute atomic E-state index is 12.6. The molecular formula is C54H58Cl2N14O7Si. The van der Waals surface area contributed by atoms with E-state index < -0.39 is 8.07 Å². The number of nitrogens with one attached hydrogen (secondary N) is 9. The normalized spacial score (nSPS) is 10.9. The number of methoxy groups -OCH3 is 2. The van der Waals surface area contributed by atoms with Gasteiger partial charge >= 0.3 is 0 Å². The monoisotopic (exact) mass is 1110 g/mol. The summed E-state index contributed by atoms with van der Waals surface area (Å²) in [6.45, 7) is 14.7. The van der Waals surface area contributed by atoms with Crippen LogP contribution in [0.5, 0.6) is 11.5 Å². The molecule has 21 nitrogen and oxygen atoms in total. The van der Waals surface area contributed by atoms with Crippen molar-refractivity contribution < 1.29 is 33.4 Å². The molecule has 404 valence electrons. The quantitative estimate of drug-likeness (QED) is 0.0184. The fraction of sp³-hybridized carbons (Fsp3) is 0.185. The smallest absolute Gasteiger partial charge is 0.253 e. The molecule has 9 N–H and O–H groups in total. The fourth-order valence-corrected chi connectivity index (χ4v) is 8.85. The highest BCUT2D eigenvalue weighted by atomic mass is 35.5. The number of carbonyl (C=O) groups excluding carboxylic acids is 4. The first-order chi connectivity index (χ1) is 37.4. The molecule has 4 aromatic carbocycles. The largest absolute Gasteiger partial charge is 0.495 e. The average Bonchev–Trinajstić information content (AvgIpc) is 4.04. The van der Waals surface area contributed by atoms with Crippen LogP contribution in [-0.4, -0.2) is 96.1 Å². The van der Waals surface area contributed by atoms with Crippen molar-refractivity contribution in [1.82, 2.24) is 40.1 Å². The van der Waals surface area contributed by atoms with Crippen molar-refractivity contribution in [2.24, 2.45) is 0 Å². The van der Waals surface area contributed by atoms with Crippen LogP contribution < -0.4 is 52.0 Å². The first-order valence-electron chi connectivity index (χ1n) is 24.1. The molecule has 0 atom stereocenters. The third kappa shape index (κ3) is 14.1. The summed E-state index contributed by atoms with van der Waals surface area (Å²) in [5.74, 6) is 1.02. The van der Waals surface area contributed by atoms with Crippen LogP contribution in [0.15, 0.2) is 123 Å². The lowest BCUT2D eigenvalue weighted by atomic mass is 10.1. The van der Waals surface area contributed by atoms with E-state index in [0.717, 1.165) is 6.04 Å². The lowest BCUT2D eigenvalue weighted by molar-refractivity contribution is -0.112. The molecule has 0 spiro atoms. The highest BCUT2D eigenvalue weighted by molar-refractivity contribution is 6.76. The van der Waals surface area contributed by atoms with Crippen molar-refractivity contribution in [3.8, 4) is 11.5 Å². The third-order valence-corrected chi connectivity index (χ3v) is 13.8. The zero-order chi connectivity index (χ0) is 56.1. The van der Waals surface area contributed by atoms with E-state index in [1.807, 2.05) is 10.6 Å². The van der Waals surface area contributed by atoms with Crippen molar-refractivity contribution in [1.29, 1.82) is 0 Å². The van der Waals surface area contributed by atoms with Gasteiger partial charge in [-0.2, -0.15) is 19.9 Å². The summed E-state index contributed by atoms with van der Waals surface area (Å²) >= 11 is 13.1. The van der Waals surface area contributed by atoms with E-state index in [1.165, 1.54) is 26.4 Å². The van der Waals surface area contributed by atoms with Crippen molar-refractivity contribution in [2.75, 3.05) is 66.8 Å². The number of H-pyrrole nitrogens is 1. The molecule has 0 saturated carbocycles. The zero-order valence-electron chi connectivity index (χ0n) is 43.8. The van der Waals surface area contributed by atoms with E-state index in [0.29, 0.717) is 107 Å². The number of carbonyl (C=O) groups is 4. The number of hydrogen-bond acceptors (Lipinski definition) is 15. The summed E-state index contributed by atoms with van der Waals surface area (Å²) in [5.41, 5.74) is 5.03. The van der Waals surface area contributed by atoms with Gasteiger partial charge in [-0.3, -0.25) is 19.2 Å². The Kier molecular flexibility index (Phi) is 18.7. The van der Waals surface area contributed by atoms with Crippen LogP contribution >= 0.6 is 23.2 Å². The Bertz CT molecular complexity index is 3550.